The number of nitrogens with zero attached hydrogens (tertiary/aromatic N) is 3. The van der Waals surface area contributed by atoms with Crippen molar-refractivity contribution in [3.05, 3.63) is 48.0 Å². The van der Waals surface area contributed by atoms with Crippen LogP contribution in [0.1, 0.15) is 11.4 Å². The van der Waals surface area contributed by atoms with Crippen molar-refractivity contribution in [1.29, 1.82) is 5.26 Å². The summed E-state index contributed by atoms with van der Waals surface area (Å²) >= 11 is 0. The molecule has 0 amide bonds. The Labute approximate surface area is 87.6 Å². The van der Waals surface area contributed by atoms with Gasteiger partial charge in [-0.15, -0.1) is 0 Å². The molecule has 0 saturated heterocycles. The SMILES string of the molecule is N#Cc1nccn1Cc1ccccc1N. The summed E-state index contributed by atoms with van der Waals surface area (Å²) in [7, 11) is 0. The van der Waals surface area contributed by atoms with Crippen molar-refractivity contribution in [2.75, 3.05) is 5.73 Å². The summed E-state index contributed by atoms with van der Waals surface area (Å²) in [6.07, 6.45) is 3.38. The molecule has 0 aliphatic heterocycles. The van der Waals surface area contributed by atoms with Gasteiger partial charge in [-0.2, -0.15) is 5.26 Å². The Morgan fingerprint density at radius 2 is 2.20 bits per heavy atom. The number of para-hydroxylation sites is 1. The fraction of sp³-hybridized carbons (Fsp3) is 0.0909. The van der Waals surface area contributed by atoms with E-state index in [-0.39, 0.29) is 0 Å². The summed E-state index contributed by atoms with van der Waals surface area (Å²) in [5.74, 6) is 0.401. The highest BCUT2D eigenvalue weighted by Crippen LogP contribution is 2.12. The summed E-state index contributed by atoms with van der Waals surface area (Å²) in [6, 6.07) is 9.62. The van der Waals surface area contributed by atoms with E-state index in [4.69, 9.17) is 11.0 Å². The van der Waals surface area contributed by atoms with E-state index in [2.05, 4.69) is 4.98 Å². The fourth-order valence-corrected chi connectivity index (χ4v) is 1.41. The Balaban J connectivity index is 2.31. The number of rotatable bonds is 2. The van der Waals surface area contributed by atoms with Crippen LogP contribution in [0, 0.1) is 11.3 Å². The van der Waals surface area contributed by atoms with Crippen LogP contribution in [-0.2, 0) is 6.54 Å². The van der Waals surface area contributed by atoms with Crippen molar-refractivity contribution in [2.24, 2.45) is 0 Å². The first kappa shape index (κ1) is 9.28. The fourth-order valence-electron chi connectivity index (χ4n) is 1.41. The number of hydrogen-bond donors (Lipinski definition) is 1. The van der Waals surface area contributed by atoms with Crippen LogP contribution < -0.4 is 5.73 Å². The van der Waals surface area contributed by atoms with Gasteiger partial charge in [-0.1, -0.05) is 18.2 Å². The average molecular weight is 198 g/mol. The summed E-state index contributed by atoms with van der Waals surface area (Å²) in [4.78, 5) is 3.92. The zero-order chi connectivity index (χ0) is 10.7. The molecular weight excluding hydrogens is 188 g/mol. The minimum Gasteiger partial charge on any atom is -0.398 e. The first-order chi connectivity index (χ1) is 7.31. The Morgan fingerprint density at radius 1 is 1.40 bits per heavy atom. The van der Waals surface area contributed by atoms with Crippen LogP contribution in [0.15, 0.2) is 36.7 Å². The summed E-state index contributed by atoms with van der Waals surface area (Å²) in [5.41, 5.74) is 7.54. The van der Waals surface area contributed by atoms with Gasteiger partial charge < -0.3 is 10.3 Å². The van der Waals surface area contributed by atoms with E-state index in [1.165, 1.54) is 0 Å². The molecule has 0 aliphatic rings. The first-order valence-electron chi connectivity index (χ1n) is 4.56. The summed E-state index contributed by atoms with van der Waals surface area (Å²) in [6.45, 7) is 0.579. The zero-order valence-electron chi connectivity index (χ0n) is 8.09. The molecule has 0 spiro atoms. The molecule has 0 aliphatic carbocycles. The van der Waals surface area contributed by atoms with Gasteiger partial charge in [0.15, 0.2) is 0 Å². The summed E-state index contributed by atoms with van der Waals surface area (Å²) in [5, 5.41) is 8.79. The average Bonchev–Trinajstić information content (AvgIpc) is 2.69. The molecule has 2 aromatic rings. The van der Waals surface area contributed by atoms with Gasteiger partial charge in [0.05, 0.1) is 6.54 Å². The lowest BCUT2D eigenvalue weighted by atomic mass is 10.2. The molecule has 2 N–H and O–H groups in total. The van der Waals surface area contributed by atoms with Crippen LogP contribution >= 0.6 is 0 Å². The highest BCUT2D eigenvalue weighted by atomic mass is 15.1. The molecule has 0 atom stereocenters. The van der Waals surface area contributed by atoms with E-state index < -0.39 is 0 Å². The van der Waals surface area contributed by atoms with Crippen molar-refractivity contribution in [3.63, 3.8) is 0 Å². The number of imidazole rings is 1. The third-order valence-electron chi connectivity index (χ3n) is 2.21. The van der Waals surface area contributed by atoms with Crippen molar-refractivity contribution in [3.8, 4) is 6.07 Å². The van der Waals surface area contributed by atoms with Gasteiger partial charge in [-0.05, 0) is 11.6 Å². The standard InChI is InChI=1S/C11H10N4/c12-7-11-14-5-6-15(11)8-9-3-1-2-4-10(9)13/h1-6H,8,13H2. The largest absolute Gasteiger partial charge is 0.398 e. The molecule has 1 heterocycles. The predicted octanol–water partition coefficient (Wildman–Crippen LogP) is 1.39. The van der Waals surface area contributed by atoms with E-state index in [0.29, 0.717) is 12.4 Å². The molecular formula is C11H10N4. The van der Waals surface area contributed by atoms with Crippen molar-refractivity contribution >= 4 is 5.69 Å². The minimum absolute atomic E-state index is 0.401. The molecule has 0 unspecified atom stereocenters. The van der Waals surface area contributed by atoms with Gasteiger partial charge in [-0.25, -0.2) is 4.98 Å². The Bertz CT molecular complexity index is 507. The van der Waals surface area contributed by atoms with Crippen molar-refractivity contribution in [2.45, 2.75) is 6.54 Å². The second-order valence-corrected chi connectivity index (χ2v) is 3.19. The lowest BCUT2D eigenvalue weighted by molar-refractivity contribution is 0.784. The molecule has 0 saturated carbocycles. The Kier molecular flexibility index (Phi) is 2.38. The van der Waals surface area contributed by atoms with Crippen molar-refractivity contribution in [1.82, 2.24) is 9.55 Å². The molecule has 74 valence electrons. The number of hydrogen-bond acceptors (Lipinski definition) is 3. The highest BCUT2D eigenvalue weighted by Gasteiger charge is 2.03. The lowest BCUT2D eigenvalue weighted by Crippen LogP contribution is -2.04. The van der Waals surface area contributed by atoms with E-state index in [0.717, 1.165) is 11.3 Å². The zero-order valence-corrected chi connectivity index (χ0v) is 8.09. The maximum atomic E-state index is 8.79. The van der Waals surface area contributed by atoms with Gasteiger partial charge in [0.2, 0.25) is 5.82 Å². The normalized spacial score (nSPS) is 9.80. The van der Waals surface area contributed by atoms with Crippen LogP contribution in [0.25, 0.3) is 0 Å². The van der Waals surface area contributed by atoms with E-state index in [1.54, 1.807) is 17.0 Å². The second kappa shape index (κ2) is 3.84. The summed E-state index contributed by atoms with van der Waals surface area (Å²) < 4.78 is 1.77. The van der Waals surface area contributed by atoms with Crippen LogP contribution in [0.3, 0.4) is 0 Å². The maximum absolute atomic E-state index is 8.79. The Morgan fingerprint density at radius 3 is 2.93 bits per heavy atom. The molecule has 4 nitrogen and oxygen atoms in total. The minimum atomic E-state index is 0.401. The number of nitrogens with two attached hydrogens (primary N) is 1. The lowest BCUT2D eigenvalue weighted by Gasteiger charge is -2.06. The van der Waals surface area contributed by atoms with Crippen LogP contribution in [0.5, 0.6) is 0 Å². The molecule has 2 rings (SSSR count). The number of aromatic nitrogens is 2. The Hall–Kier alpha value is -2.28. The first-order valence-corrected chi connectivity index (χ1v) is 4.56. The van der Waals surface area contributed by atoms with Crippen LogP contribution in [-0.4, -0.2) is 9.55 Å². The molecule has 4 heteroatoms. The maximum Gasteiger partial charge on any atom is 0.213 e. The predicted molar refractivity (Wildman–Crippen MR) is 56.9 cm³/mol. The number of anilines is 1. The van der Waals surface area contributed by atoms with Gasteiger partial charge in [-0.3, -0.25) is 0 Å². The molecule has 0 fully saturated rings. The van der Waals surface area contributed by atoms with Crippen molar-refractivity contribution < 1.29 is 0 Å². The van der Waals surface area contributed by atoms with Gasteiger partial charge in [0.1, 0.15) is 6.07 Å². The second-order valence-electron chi connectivity index (χ2n) is 3.19. The highest BCUT2D eigenvalue weighted by molar-refractivity contribution is 5.46. The van der Waals surface area contributed by atoms with E-state index >= 15 is 0 Å². The molecule has 15 heavy (non-hydrogen) atoms. The monoisotopic (exact) mass is 198 g/mol. The number of benzene rings is 1. The number of nitrogen functional groups attached to an aromatic ring is 1. The molecule has 0 bridgehead atoms. The van der Waals surface area contributed by atoms with E-state index in [1.807, 2.05) is 30.3 Å². The third kappa shape index (κ3) is 1.81. The third-order valence-corrected chi connectivity index (χ3v) is 2.21. The van der Waals surface area contributed by atoms with Gasteiger partial charge in [0, 0.05) is 18.1 Å². The van der Waals surface area contributed by atoms with E-state index in [9.17, 15) is 0 Å². The van der Waals surface area contributed by atoms with Crippen LogP contribution in [0.2, 0.25) is 0 Å². The van der Waals surface area contributed by atoms with Gasteiger partial charge >= 0.3 is 0 Å². The molecule has 1 aromatic carbocycles. The molecule has 1 aromatic heterocycles. The molecule has 0 radical (unpaired) electrons. The smallest absolute Gasteiger partial charge is 0.213 e. The van der Waals surface area contributed by atoms with Crippen LogP contribution in [0.4, 0.5) is 5.69 Å². The number of nitriles is 1. The van der Waals surface area contributed by atoms with Gasteiger partial charge in [0.25, 0.3) is 0 Å². The quantitative estimate of drug-likeness (QED) is 0.741. The topological polar surface area (TPSA) is 67.6 Å².